The Hall–Kier alpha value is -0.800. The standard InChI is InChI=1S/C11H16ClFN2/c1-8(7-14)4-5-15-11-6-9(12)2-3-10(11)13/h2-3,6,8,15H,4-5,7,14H2,1H3. The highest BCUT2D eigenvalue weighted by Gasteiger charge is 2.03. The van der Waals surface area contributed by atoms with Crippen molar-refractivity contribution in [2.24, 2.45) is 11.7 Å². The van der Waals surface area contributed by atoms with Gasteiger partial charge < -0.3 is 11.1 Å². The Morgan fingerprint density at radius 1 is 1.53 bits per heavy atom. The second kappa shape index (κ2) is 5.93. The van der Waals surface area contributed by atoms with Gasteiger partial charge in [0.25, 0.3) is 0 Å². The number of halogens is 2. The Kier molecular flexibility index (Phi) is 4.85. The Balaban J connectivity index is 2.46. The molecule has 84 valence electrons. The van der Waals surface area contributed by atoms with Crippen molar-refractivity contribution in [3.05, 3.63) is 29.0 Å². The summed E-state index contributed by atoms with van der Waals surface area (Å²) in [5.74, 6) is 0.166. The minimum atomic E-state index is -0.278. The zero-order valence-electron chi connectivity index (χ0n) is 8.76. The van der Waals surface area contributed by atoms with Gasteiger partial charge in [-0.15, -0.1) is 0 Å². The molecule has 0 amide bonds. The summed E-state index contributed by atoms with van der Waals surface area (Å²) in [6, 6.07) is 4.48. The van der Waals surface area contributed by atoms with E-state index in [-0.39, 0.29) is 5.82 Å². The third-order valence-electron chi connectivity index (χ3n) is 2.28. The van der Waals surface area contributed by atoms with Crippen molar-refractivity contribution < 1.29 is 4.39 Å². The first-order valence-corrected chi connectivity index (χ1v) is 5.40. The highest BCUT2D eigenvalue weighted by Crippen LogP contribution is 2.19. The molecular weight excluding hydrogens is 215 g/mol. The Morgan fingerprint density at radius 3 is 2.93 bits per heavy atom. The van der Waals surface area contributed by atoms with Crippen LogP contribution >= 0.6 is 11.6 Å². The van der Waals surface area contributed by atoms with Gasteiger partial charge >= 0.3 is 0 Å². The molecule has 1 aromatic rings. The molecule has 1 atom stereocenters. The number of nitrogens with one attached hydrogen (secondary N) is 1. The molecule has 0 saturated carbocycles. The van der Waals surface area contributed by atoms with Crippen LogP contribution in [0.25, 0.3) is 0 Å². The lowest BCUT2D eigenvalue weighted by Gasteiger charge is -2.11. The first-order chi connectivity index (χ1) is 7.13. The van der Waals surface area contributed by atoms with Crippen LogP contribution in [0.5, 0.6) is 0 Å². The molecule has 0 radical (unpaired) electrons. The van der Waals surface area contributed by atoms with Crippen LogP contribution in [-0.2, 0) is 0 Å². The van der Waals surface area contributed by atoms with Gasteiger partial charge in [-0.2, -0.15) is 0 Å². The number of hydrogen-bond acceptors (Lipinski definition) is 2. The molecule has 1 aromatic carbocycles. The van der Waals surface area contributed by atoms with E-state index in [9.17, 15) is 4.39 Å². The van der Waals surface area contributed by atoms with Crippen molar-refractivity contribution in [2.45, 2.75) is 13.3 Å². The van der Waals surface area contributed by atoms with Gasteiger partial charge in [-0.3, -0.25) is 0 Å². The van der Waals surface area contributed by atoms with Gasteiger partial charge in [0.1, 0.15) is 5.82 Å². The summed E-state index contributed by atoms with van der Waals surface area (Å²) in [6.07, 6.45) is 0.919. The van der Waals surface area contributed by atoms with Gasteiger partial charge in [0.2, 0.25) is 0 Å². The largest absolute Gasteiger partial charge is 0.383 e. The normalized spacial score (nSPS) is 12.5. The number of hydrogen-bond donors (Lipinski definition) is 2. The summed E-state index contributed by atoms with van der Waals surface area (Å²) in [7, 11) is 0. The zero-order chi connectivity index (χ0) is 11.3. The number of benzene rings is 1. The van der Waals surface area contributed by atoms with Gasteiger partial charge in [-0.1, -0.05) is 18.5 Å². The summed E-state index contributed by atoms with van der Waals surface area (Å²) >= 11 is 5.76. The first-order valence-electron chi connectivity index (χ1n) is 5.02. The summed E-state index contributed by atoms with van der Waals surface area (Å²) < 4.78 is 13.2. The van der Waals surface area contributed by atoms with Crippen molar-refractivity contribution >= 4 is 17.3 Å². The molecule has 0 spiro atoms. The average molecular weight is 231 g/mol. The molecule has 4 heteroatoms. The van der Waals surface area contributed by atoms with Gasteiger partial charge in [0, 0.05) is 11.6 Å². The predicted octanol–water partition coefficient (Wildman–Crippen LogP) is 2.88. The highest BCUT2D eigenvalue weighted by atomic mass is 35.5. The molecule has 0 aliphatic carbocycles. The van der Waals surface area contributed by atoms with Gasteiger partial charge in [0.05, 0.1) is 5.69 Å². The van der Waals surface area contributed by atoms with E-state index in [1.807, 2.05) is 0 Å². The van der Waals surface area contributed by atoms with Crippen LogP contribution in [-0.4, -0.2) is 13.1 Å². The Morgan fingerprint density at radius 2 is 2.27 bits per heavy atom. The molecule has 1 rings (SSSR count). The van der Waals surface area contributed by atoms with E-state index in [4.69, 9.17) is 17.3 Å². The van der Waals surface area contributed by atoms with E-state index < -0.39 is 0 Å². The molecule has 0 fully saturated rings. The fourth-order valence-electron chi connectivity index (χ4n) is 1.20. The molecule has 1 unspecified atom stereocenters. The molecule has 0 aliphatic rings. The van der Waals surface area contributed by atoms with Crippen molar-refractivity contribution in [3.8, 4) is 0 Å². The Bertz CT molecular complexity index is 317. The Labute approximate surface area is 94.6 Å². The summed E-state index contributed by atoms with van der Waals surface area (Å²) in [5.41, 5.74) is 5.93. The van der Waals surface area contributed by atoms with Crippen molar-refractivity contribution in [1.82, 2.24) is 0 Å². The van der Waals surface area contributed by atoms with Crippen molar-refractivity contribution in [1.29, 1.82) is 0 Å². The van der Waals surface area contributed by atoms with Crippen LogP contribution < -0.4 is 11.1 Å². The maximum atomic E-state index is 13.2. The van der Waals surface area contributed by atoms with E-state index in [1.54, 1.807) is 6.07 Å². The summed E-state index contributed by atoms with van der Waals surface area (Å²) in [5, 5.41) is 3.54. The lowest BCUT2D eigenvalue weighted by molar-refractivity contribution is 0.559. The van der Waals surface area contributed by atoms with Crippen LogP contribution in [0.4, 0.5) is 10.1 Å². The van der Waals surface area contributed by atoms with E-state index in [1.165, 1.54) is 12.1 Å². The SMILES string of the molecule is CC(CN)CCNc1cc(Cl)ccc1F. The van der Waals surface area contributed by atoms with E-state index in [0.717, 1.165) is 6.42 Å². The number of rotatable bonds is 5. The fourth-order valence-corrected chi connectivity index (χ4v) is 1.38. The monoisotopic (exact) mass is 230 g/mol. The predicted molar refractivity (Wildman–Crippen MR) is 62.7 cm³/mol. The minimum Gasteiger partial charge on any atom is -0.383 e. The molecule has 15 heavy (non-hydrogen) atoms. The van der Waals surface area contributed by atoms with Crippen LogP contribution in [0, 0.1) is 11.7 Å². The van der Waals surface area contributed by atoms with Crippen molar-refractivity contribution in [3.63, 3.8) is 0 Å². The molecule has 0 aliphatic heterocycles. The third kappa shape index (κ3) is 4.06. The third-order valence-corrected chi connectivity index (χ3v) is 2.52. The molecule has 2 nitrogen and oxygen atoms in total. The van der Waals surface area contributed by atoms with Crippen LogP contribution in [0.15, 0.2) is 18.2 Å². The van der Waals surface area contributed by atoms with Crippen molar-refractivity contribution in [2.75, 3.05) is 18.4 Å². The maximum absolute atomic E-state index is 13.2. The smallest absolute Gasteiger partial charge is 0.146 e. The topological polar surface area (TPSA) is 38.0 Å². The lowest BCUT2D eigenvalue weighted by Crippen LogP contribution is -2.15. The molecular formula is C11H16ClFN2. The van der Waals surface area contributed by atoms with Gasteiger partial charge in [-0.25, -0.2) is 4.39 Å². The second-order valence-corrected chi connectivity index (χ2v) is 4.12. The fraction of sp³-hybridized carbons (Fsp3) is 0.455. The lowest BCUT2D eigenvalue weighted by atomic mass is 10.1. The zero-order valence-corrected chi connectivity index (χ0v) is 9.52. The highest BCUT2D eigenvalue weighted by molar-refractivity contribution is 6.30. The first kappa shape index (κ1) is 12.3. The number of anilines is 1. The van der Waals surface area contributed by atoms with Crippen LogP contribution in [0.3, 0.4) is 0 Å². The van der Waals surface area contributed by atoms with Crippen LogP contribution in [0.1, 0.15) is 13.3 Å². The molecule has 0 heterocycles. The van der Waals surface area contributed by atoms with E-state index in [0.29, 0.717) is 29.7 Å². The molecule has 3 N–H and O–H groups in total. The van der Waals surface area contributed by atoms with E-state index in [2.05, 4.69) is 12.2 Å². The molecule has 0 aromatic heterocycles. The number of nitrogens with two attached hydrogens (primary N) is 1. The maximum Gasteiger partial charge on any atom is 0.146 e. The second-order valence-electron chi connectivity index (χ2n) is 3.68. The van der Waals surface area contributed by atoms with Gasteiger partial charge in [0.15, 0.2) is 0 Å². The molecule has 0 saturated heterocycles. The van der Waals surface area contributed by atoms with E-state index >= 15 is 0 Å². The average Bonchev–Trinajstić information content (AvgIpc) is 2.23. The molecule has 0 bridgehead atoms. The van der Waals surface area contributed by atoms with Gasteiger partial charge in [-0.05, 0) is 37.1 Å². The summed E-state index contributed by atoms with van der Waals surface area (Å²) in [6.45, 7) is 3.42. The summed E-state index contributed by atoms with van der Waals surface area (Å²) in [4.78, 5) is 0. The van der Waals surface area contributed by atoms with Crippen LogP contribution in [0.2, 0.25) is 5.02 Å². The minimum absolute atomic E-state index is 0.278. The quantitative estimate of drug-likeness (QED) is 0.817.